The smallest absolute Gasteiger partial charge is 0.306 e. The summed E-state index contributed by atoms with van der Waals surface area (Å²) in [6.07, 6.45) is 3.36. The minimum absolute atomic E-state index is 0.0299. The molecule has 1 aliphatic rings. The van der Waals surface area contributed by atoms with Crippen molar-refractivity contribution in [3.05, 3.63) is 35.0 Å². The van der Waals surface area contributed by atoms with Gasteiger partial charge in [-0.05, 0) is 31.4 Å². The number of halogens is 1. The highest BCUT2D eigenvalue weighted by atomic mass is 35.5. The SMILES string of the molecule is O=C(O)C1CCC(C(=O)c2c[nH]c3cc(Cl)ccc23)C1. The van der Waals surface area contributed by atoms with E-state index in [2.05, 4.69) is 4.98 Å². The second-order valence-electron chi connectivity index (χ2n) is 5.30. The van der Waals surface area contributed by atoms with Crippen LogP contribution in [0.15, 0.2) is 24.4 Å². The number of nitrogens with one attached hydrogen (secondary N) is 1. The third-order valence-electron chi connectivity index (χ3n) is 4.06. The highest BCUT2D eigenvalue weighted by Crippen LogP contribution is 2.35. The first-order valence-corrected chi connectivity index (χ1v) is 6.97. The van der Waals surface area contributed by atoms with Crippen molar-refractivity contribution >= 4 is 34.3 Å². The molecule has 2 unspecified atom stereocenters. The van der Waals surface area contributed by atoms with Gasteiger partial charge < -0.3 is 10.1 Å². The van der Waals surface area contributed by atoms with Crippen molar-refractivity contribution in [1.82, 2.24) is 4.98 Å². The molecule has 0 radical (unpaired) electrons. The second-order valence-corrected chi connectivity index (χ2v) is 5.74. The Balaban J connectivity index is 1.88. The van der Waals surface area contributed by atoms with Gasteiger partial charge in [0.2, 0.25) is 0 Å². The van der Waals surface area contributed by atoms with Crippen molar-refractivity contribution in [2.24, 2.45) is 11.8 Å². The molecule has 3 rings (SSSR count). The van der Waals surface area contributed by atoms with Crippen molar-refractivity contribution in [2.45, 2.75) is 19.3 Å². The summed E-state index contributed by atoms with van der Waals surface area (Å²) in [6.45, 7) is 0. The summed E-state index contributed by atoms with van der Waals surface area (Å²) in [4.78, 5) is 26.5. The van der Waals surface area contributed by atoms with Gasteiger partial charge in [-0.15, -0.1) is 0 Å². The van der Waals surface area contributed by atoms with Crippen LogP contribution in [0.1, 0.15) is 29.6 Å². The summed E-state index contributed by atoms with van der Waals surface area (Å²) in [5.74, 6) is -1.34. The Labute approximate surface area is 120 Å². The first-order chi connectivity index (χ1) is 9.56. The number of Topliss-reactive ketones (excluding diaryl/α,β-unsaturated/α-hetero) is 1. The molecule has 1 aromatic heterocycles. The Morgan fingerprint density at radius 1 is 1.25 bits per heavy atom. The molecule has 0 bridgehead atoms. The van der Waals surface area contributed by atoms with Gasteiger partial charge in [-0.25, -0.2) is 0 Å². The normalized spacial score (nSPS) is 22.2. The summed E-state index contributed by atoms with van der Waals surface area (Å²) in [6, 6.07) is 5.36. The summed E-state index contributed by atoms with van der Waals surface area (Å²) in [5, 5.41) is 10.5. The zero-order valence-electron chi connectivity index (χ0n) is 10.7. The van der Waals surface area contributed by atoms with Crippen LogP contribution in [0.3, 0.4) is 0 Å². The third kappa shape index (κ3) is 2.20. The van der Waals surface area contributed by atoms with Crippen LogP contribution in [0.2, 0.25) is 5.02 Å². The van der Waals surface area contributed by atoms with E-state index >= 15 is 0 Å². The summed E-state index contributed by atoms with van der Waals surface area (Å²) in [7, 11) is 0. The number of rotatable bonds is 3. The number of aromatic amines is 1. The Morgan fingerprint density at radius 3 is 2.70 bits per heavy atom. The number of hydrogen-bond donors (Lipinski definition) is 2. The van der Waals surface area contributed by atoms with E-state index in [1.54, 1.807) is 18.3 Å². The summed E-state index contributed by atoms with van der Waals surface area (Å²) in [5.41, 5.74) is 1.46. The molecule has 2 atom stereocenters. The Hall–Kier alpha value is -1.81. The van der Waals surface area contributed by atoms with Crippen LogP contribution in [-0.2, 0) is 4.79 Å². The van der Waals surface area contributed by atoms with Crippen LogP contribution in [0.25, 0.3) is 10.9 Å². The highest BCUT2D eigenvalue weighted by molar-refractivity contribution is 6.31. The molecule has 1 aliphatic carbocycles. The Kier molecular flexibility index (Phi) is 3.26. The van der Waals surface area contributed by atoms with E-state index in [1.165, 1.54) is 0 Å². The average molecular weight is 292 g/mol. The number of carbonyl (C=O) groups is 2. The van der Waals surface area contributed by atoms with E-state index in [0.29, 0.717) is 29.8 Å². The fourth-order valence-corrected chi connectivity index (χ4v) is 3.14. The van der Waals surface area contributed by atoms with Crippen LogP contribution in [0.4, 0.5) is 0 Å². The van der Waals surface area contributed by atoms with E-state index in [0.717, 1.165) is 10.9 Å². The molecule has 4 nitrogen and oxygen atoms in total. The van der Waals surface area contributed by atoms with Gasteiger partial charge in [-0.2, -0.15) is 0 Å². The largest absolute Gasteiger partial charge is 0.481 e. The molecule has 1 heterocycles. The number of hydrogen-bond acceptors (Lipinski definition) is 2. The Morgan fingerprint density at radius 2 is 2.00 bits per heavy atom. The number of ketones is 1. The van der Waals surface area contributed by atoms with E-state index in [-0.39, 0.29) is 17.6 Å². The fourth-order valence-electron chi connectivity index (χ4n) is 2.97. The van der Waals surface area contributed by atoms with Crippen LogP contribution >= 0.6 is 11.6 Å². The molecule has 0 amide bonds. The van der Waals surface area contributed by atoms with E-state index in [4.69, 9.17) is 16.7 Å². The quantitative estimate of drug-likeness (QED) is 0.850. The predicted molar refractivity (Wildman–Crippen MR) is 76.1 cm³/mol. The molecule has 20 heavy (non-hydrogen) atoms. The minimum atomic E-state index is -0.800. The molecule has 1 fully saturated rings. The molecule has 2 aromatic rings. The molecule has 104 valence electrons. The van der Waals surface area contributed by atoms with Crippen LogP contribution in [-0.4, -0.2) is 21.8 Å². The molecular formula is C15H14ClNO3. The van der Waals surface area contributed by atoms with Gasteiger partial charge in [-0.3, -0.25) is 9.59 Å². The zero-order valence-corrected chi connectivity index (χ0v) is 11.5. The molecule has 2 N–H and O–H groups in total. The summed E-state index contributed by atoms with van der Waals surface area (Å²) >= 11 is 5.92. The van der Waals surface area contributed by atoms with Crippen LogP contribution < -0.4 is 0 Å². The van der Waals surface area contributed by atoms with Gasteiger partial charge in [0.25, 0.3) is 0 Å². The third-order valence-corrected chi connectivity index (χ3v) is 4.30. The van der Waals surface area contributed by atoms with E-state index in [1.807, 2.05) is 6.07 Å². The molecule has 0 saturated heterocycles. The lowest BCUT2D eigenvalue weighted by atomic mass is 9.95. The molecule has 1 saturated carbocycles. The number of benzene rings is 1. The molecule has 5 heteroatoms. The first-order valence-electron chi connectivity index (χ1n) is 6.60. The van der Waals surface area contributed by atoms with Crippen molar-refractivity contribution in [1.29, 1.82) is 0 Å². The standard InChI is InChI=1S/C15H14ClNO3/c16-10-3-4-11-12(7-17-13(11)6-10)14(18)8-1-2-9(5-8)15(19)20/h3-4,6-9,17H,1-2,5H2,(H,19,20). The number of carboxylic acid groups (broad SMARTS) is 1. The average Bonchev–Trinajstić information content (AvgIpc) is 3.04. The molecule has 1 aromatic carbocycles. The number of carboxylic acids is 1. The number of H-pyrrole nitrogens is 1. The van der Waals surface area contributed by atoms with Gasteiger partial charge in [0, 0.05) is 33.6 Å². The lowest BCUT2D eigenvalue weighted by Gasteiger charge is -2.07. The number of carbonyl (C=O) groups excluding carboxylic acids is 1. The lowest BCUT2D eigenvalue weighted by Crippen LogP contribution is -2.14. The van der Waals surface area contributed by atoms with Crippen molar-refractivity contribution in [3.63, 3.8) is 0 Å². The molecular weight excluding hydrogens is 278 g/mol. The molecule has 0 aliphatic heterocycles. The van der Waals surface area contributed by atoms with Gasteiger partial charge >= 0.3 is 5.97 Å². The molecule has 0 spiro atoms. The second kappa shape index (κ2) is 4.94. The maximum atomic E-state index is 12.5. The highest BCUT2D eigenvalue weighted by Gasteiger charge is 2.34. The van der Waals surface area contributed by atoms with Crippen molar-refractivity contribution < 1.29 is 14.7 Å². The monoisotopic (exact) mass is 291 g/mol. The zero-order chi connectivity index (χ0) is 14.3. The minimum Gasteiger partial charge on any atom is -0.481 e. The van der Waals surface area contributed by atoms with E-state index in [9.17, 15) is 9.59 Å². The number of aromatic nitrogens is 1. The van der Waals surface area contributed by atoms with Gasteiger partial charge in [0.05, 0.1) is 5.92 Å². The van der Waals surface area contributed by atoms with Crippen molar-refractivity contribution in [3.8, 4) is 0 Å². The predicted octanol–water partition coefficient (Wildman–Crippen LogP) is 3.50. The number of fused-ring (bicyclic) bond motifs is 1. The Bertz CT molecular complexity index is 691. The van der Waals surface area contributed by atoms with Gasteiger partial charge in [0.15, 0.2) is 5.78 Å². The van der Waals surface area contributed by atoms with Gasteiger partial charge in [-0.1, -0.05) is 17.7 Å². The van der Waals surface area contributed by atoms with E-state index < -0.39 is 5.97 Å². The summed E-state index contributed by atoms with van der Waals surface area (Å²) < 4.78 is 0. The first kappa shape index (κ1) is 13.2. The van der Waals surface area contributed by atoms with Crippen LogP contribution in [0, 0.1) is 11.8 Å². The fraction of sp³-hybridized carbons (Fsp3) is 0.333. The van der Waals surface area contributed by atoms with Crippen LogP contribution in [0.5, 0.6) is 0 Å². The maximum Gasteiger partial charge on any atom is 0.306 e. The lowest BCUT2D eigenvalue weighted by molar-refractivity contribution is -0.141. The van der Waals surface area contributed by atoms with Crippen molar-refractivity contribution in [2.75, 3.05) is 0 Å². The topological polar surface area (TPSA) is 70.2 Å². The van der Waals surface area contributed by atoms with Gasteiger partial charge in [0.1, 0.15) is 0 Å². The number of aliphatic carboxylic acids is 1. The maximum absolute atomic E-state index is 12.5.